The average Bonchev–Trinajstić information content (AvgIpc) is 2.22. The first-order valence-electron chi connectivity index (χ1n) is 5.62. The molecule has 16 heavy (non-hydrogen) atoms. The first kappa shape index (κ1) is 11.3. The van der Waals surface area contributed by atoms with Crippen molar-refractivity contribution >= 4 is 23.0 Å². The molecule has 5 heteroatoms. The van der Waals surface area contributed by atoms with Gasteiger partial charge in [-0.1, -0.05) is 31.5 Å². The first-order valence-corrected chi connectivity index (χ1v) is 6.03. The van der Waals surface area contributed by atoms with E-state index in [2.05, 4.69) is 15.3 Å². The van der Waals surface area contributed by atoms with Gasteiger partial charge in [-0.15, -0.1) is 0 Å². The number of thiocarbonyl (C=S) groups is 1. The highest BCUT2D eigenvalue weighted by molar-refractivity contribution is 7.80. The highest BCUT2D eigenvalue weighted by Gasteiger charge is 2.16. The summed E-state index contributed by atoms with van der Waals surface area (Å²) in [5.74, 6) is 1.59. The Bertz CT molecular complexity index is 376. The van der Waals surface area contributed by atoms with Crippen LogP contribution in [0.25, 0.3) is 0 Å². The molecular weight excluding hydrogens is 220 g/mol. The van der Waals surface area contributed by atoms with Gasteiger partial charge >= 0.3 is 0 Å². The van der Waals surface area contributed by atoms with Crippen LogP contribution in [-0.4, -0.2) is 21.5 Å². The van der Waals surface area contributed by atoms with Gasteiger partial charge < -0.3 is 11.1 Å². The van der Waals surface area contributed by atoms with Crippen LogP contribution < -0.4 is 11.1 Å². The second-order valence-corrected chi connectivity index (χ2v) is 4.57. The van der Waals surface area contributed by atoms with Crippen molar-refractivity contribution in [2.75, 3.05) is 11.9 Å². The second kappa shape index (κ2) is 5.21. The predicted molar refractivity (Wildman–Crippen MR) is 68.4 cm³/mol. The summed E-state index contributed by atoms with van der Waals surface area (Å²) in [6.45, 7) is 0.916. The van der Waals surface area contributed by atoms with Crippen molar-refractivity contribution in [3.63, 3.8) is 0 Å². The van der Waals surface area contributed by atoms with Crippen LogP contribution >= 0.6 is 12.2 Å². The summed E-state index contributed by atoms with van der Waals surface area (Å²) >= 11 is 4.92. The van der Waals surface area contributed by atoms with Crippen LogP contribution in [0.2, 0.25) is 0 Å². The number of nitrogens with zero attached hydrogens (tertiary/aromatic N) is 2. The lowest BCUT2D eigenvalue weighted by atomic mass is 9.83. The van der Waals surface area contributed by atoms with Gasteiger partial charge in [-0.25, -0.2) is 9.97 Å². The molecule has 0 aromatic carbocycles. The second-order valence-electron chi connectivity index (χ2n) is 4.13. The zero-order valence-electron chi connectivity index (χ0n) is 9.15. The van der Waals surface area contributed by atoms with E-state index < -0.39 is 0 Å². The van der Waals surface area contributed by atoms with E-state index in [9.17, 15) is 0 Å². The van der Waals surface area contributed by atoms with Crippen molar-refractivity contribution in [2.45, 2.75) is 25.7 Å². The Morgan fingerprint density at radius 1 is 1.44 bits per heavy atom. The van der Waals surface area contributed by atoms with E-state index in [4.69, 9.17) is 18.0 Å². The summed E-state index contributed by atoms with van der Waals surface area (Å²) in [6.07, 6.45) is 8.55. The van der Waals surface area contributed by atoms with Crippen LogP contribution in [0.4, 0.5) is 5.82 Å². The lowest BCUT2D eigenvalue weighted by Crippen LogP contribution is -2.19. The molecule has 2 rings (SSSR count). The van der Waals surface area contributed by atoms with Crippen LogP contribution in [0, 0.1) is 5.92 Å². The number of hydrogen-bond acceptors (Lipinski definition) is 4. The SMILES string of the molecule is NC(=S)c1nccnc1NCCC1CCC1. The van der Waals surface area contributed by atoms with Crippen molar-refractivity contribution in [1.82, 2.24) is 9.97 Å². The lowest BCUT2D eigenvalue weighted by Gasteiger charge is -2.25. The smallest absolute Gasteiger partial charge is 0.155 e. The van der Waals surface area contributed by atoms with Crippen LogP contribution in [-0.2, 0) is 0 Å². The fourth-order valence-electron chi connectivity index (χ4n) is 1.82. The van der Waals surface area contributed by atoms with Crippen molar-refractivity contribution in [1.29, 1.82) is 0 Å². The van der Waals surface area contributed by atoms with E-state index in [1.54, 1.807) is 12.4 Å². The molecule has 0 amide bonds. The van der Waals surface area contributed by atoms with Gasteiger partial charge in [0, 0.05) is 18.9 Å². The molecule has 0 unspecified atom stereocenters. The maximum absolute atomic E-state index is 5.57. The topological polar surface area (TPSA) is 63.8 Å². The molecule has 1 heterocycles. The van der Waals surface area contributed by atoms with Gasteiger partial charge in [0.1, 0.15) is 10.7 Å². The monoisotopic (exact) mass is 236 g/mol. The molecule has 1 aromatic rings. The van der Waals surface area contributed by atoms with Crippen LogP contribution in [0.3, 0.4) is 0 Å². The Balaban J connectivity index is 1.89. The zero-order chi connectivity index (χ0) is 11.4. The Labute approximate surface area is 101 Å². The number of aromatic nitrogens is 2. The van der Waals surface area contributed by atoms with Crippen molar-refractivity contribution < 1.29 is 0 Å². The summed E-state index contributed by atoms with van der Waals surface area (Å²) in [5, 5.41) is 3.25. The quantitative estimate of drug-likeness (QED) is 0.762. The lowest BCUT2D eigenvalue weighted by molar-refractivity contribution is 0.303. The maximum Gasteiger partial charge on any atom is 0.155 e. The molecule has 0 radical (unpaired) electrons. The highest BCUT2D eigenvalue weighted by atomic mass is 32.1. The number of rotatable bonds is 5. The van der Waals surface area contributed by atoms with Gasteiger partial charge in [0.05, 0.1) is 0 Å². The molecule has 0 atom stereocenters. The molecule has 4 nitrogen and oxygen atoms in total. The Morgan fingerprint density at radius 3 is 2.81 bits per heavy atom. The van der Waals surface area contributed by atoms with Gasteiger partial charge in [-0.2, -0.15) is 0 Å². The minimum Gasteiger partial charge on any atom is -0.388 e. The van der Waals surface area contributed by atoms with E-state index in [0.717, 1.165) is 12.5 Å². The average molecular weight is 236 g/mol. The van der Waals surface area contributed by atoms with E-state index in [-0.39, 0.29) is 0 Å². The van der Waals surface area contributed by atoms with Gasteiger partial charge in [0.25, 0.3) is 0 Å². The van der Waals surface area contributed by atoms with Crippen LogP contribution in [0.1, 0.15) is 31.4 Å². The summed E-state index contributed by atoms with van der Waals surface area (Å²) < 4.78 is 0. The summed E-state index contributed by atoms with van der Waals surface area (Å²) in [4.78, 5) is 8.61. The third kappa shape index (κ3) is 2.66. The Kier molecular flexibility index (Phi) is 3.66. The molecule has 3 N–H and O–H groups in total. The van der Waals surface area contributed by atoms with Crippen LogP contribution in [0.15, 0.2) is 12.4 Å². The number of anilines is 1. The van der Waals surface area contributed by atoms with E-state index in [1.165, 1.54) is 25.7 Å². The van der Waals surface area contributed by atoms with Gasteiger partial charge in [0.2, 0.25) is 0 Å². The molecular formula is C11H16N4S. The number of nitrogens with one attached hydrogen (secondary N) is 1. The number of hydrogen-bond donors (Lipinski definition) is 2. The molecule has 1 aliphatic carbocycles. The standard InChI is InChI=1S/C11H16N4S/c12-10(16)9-11(15-7-6-13-9)14-5-4-8-2-1-3-8/h6-8H,1-5H2,(H2,12,16)(H,14,15). The van der Waals surface area contributed by atoms with Crippen LogP contribution in [0.5, 0.6) is 0 Å². The van der Waals surface area contributed by atoms with E-state index in [1.807, 2.05) is 0 Å². The van der Waals surface area contributed by atoms with Gasteiger partial charge in [-0.3, -0.25) is 0 Å². The molecule has 1 aromatic heterocycles. The molecule has 86 valence electrons. The molecule has 0 aliphatic heterocycles. The Hall–Kier alpha value is -1.23. The summed E-state index contributed by atoms with van der Waals surface area (Å²) in [6, 6.07) is 0. The summed E-state index contributed by atoms with van der Waals surface area (Å²) in [5.41, 5.74) is 6.16. The summed E-state index contributed by atoms with van der Waals surface area (Å²) in [7, 11) is 0. The van der Waals surface area contributed by atoms with Gasteiger partial charge in [-0.05, 0) is 12.3 Å². The molecule has 1 fully saturated rings. The fourth-order valence-corrected chi connectivity index (χ4v) is 1.97. The Morgan fingerprint density at radius 2 is 2.19 bits per heavy atom. The molecule has 0 saturated heterocycles. The molecule has 1 aliphatic rings. The molecule has 0 spiro atoms. The molecule has 0 bridgehead atoms. The van der Waals surface area contributed by atoms with Crippen molar-refractivity contribution in [3.05, 3.63) is 18.1 Å². The molecule has 1 saturated carbocycles. The first-order chi connectivity index (χ1) is 7.77. The van der Waals surface area contributed by atoms with Crippen molar-refractivity contribution in [2.24, 2.45) is 11.7 Å². The number of nitrogens with two attached hydrogens (primary N) is 1. The minimum absolute atomic E-state index is 0.291. The minimum atomic E-state index is 0.291. The third-order valence-corrected chi connectivity index (χ3v) is 3.19. The predicted octanol–water partition coefficient (Wildman–Crippen LogP) is 1.71. The third-order valence-electron chi connectivity index (χ3n) is 3.00. The maximum atomic E-state index is 5.57. The largest absolute Gasteiger partial charge is 0.388 e. The normalized spacial score (nSPS) is 15.5. The van der Waals surface area contributed by atoms with Gasteiger partial charge in [0.15, 0.2) is 5.82 Å². The van der Waals surface area contributed by atoms with Crippen molar-refractivity contribution in [3.8, 4) is 0 Å². The fraction of sp³-hybridized carbons (Fsp3) is 0.545. The van der Waals surface area contributed by atoms with E-state index in [0.29, 0.717) is 16.5 Å². The van der Waals surface area contributed by atoms with E-state index >= 15 is 0 Å². The highest BCUT2D eigenvalue weighted by Crippen LogP contribution is 2.29. The zero-order valence-corrected chi connectivity index (χ0v) is 9.96.